The average Bonchev–Trinajstić information content (AvgIpc) is 2.45. The lowest BCUT2D eigenvalue weighted by Gasteiger charge is -2.16. The number of carbonyl (C=O) groups is 2. The van der Waals surface area contributed by atoms with Gasteiger partial charge in [-0.2, -0.15) is 0 Å². The monoisotopic (exact) mass is 294 g/mol. The number of benzene rings is 1. The molecular formula is C15H22N2O4. The van der Waals surface area contributed by atoms with E-state index in [1.54, 1.807) is 24.3 Å². The van der Waals surface area contributed by atoms with E-state index in [-0.39, 0.29) is 0 Å². The van der Waals surface area contributed by atoms with E-state index in [9.17, 15) is 9.59 Å². The molecule has 1 rings (SSSR count). The van der Waals surface area contributed by atoms with Crippen LogP contribution in [0.15, 0.2) is 24.3 Å². The van der Waals surface area contributed by atoms with Crippen molar-refractivity contribution in [3.63, 3.8) is 0 Å². The number of ether oxygens (including phenoxy) is 1. The standard InChI is InChI=1S/C15H22N2O4/c1-3-5-8-12(14(18)19)17-15(20)16-11-9-6-7-10-13(11)21-4-2/h6-7,9-10,12H,3-5,8H2,1-2H3,(H,18,19)(H2,16,17,20)/t12-/m0/s1. The van der Waals surface area contributed by atoms with Crippen molar-refractivity contribution >= 4 is 17.7 Å². The summed E-state index contributed by atoms with van der Waals surface area (Å²) in [4.78, 5) is 23.0. The topological polar surface area (TPSA) is 87.7 Å². The minimum absolute atomic E-state index is 0.409. The Morgan fingerprint density at radius 3 is 2.62 bits per heavy atom. The molecule has 116 valence electrons. The molecule has 0 unspecified atom stereocenters. The molecule has 0 saturated carbocycles. The normalized spacial score (nSPS) is 11.5. The lowest BCUT2D eigenvalue weighted by atomic mass is 10.1. The molecule has 6 heteroatoms. The first-order valence-corrected chi connectivity index (χ1v) is 7.10. The predicted molar refractivity (Wildman–Crippen MR) is 80.7 cm³/mol. The molecule has 0 aliphatic rings. The first kappa shape index (κ1) is 16.8. The van der Waals surface area contributed by atoms with Crippen LogP contribution in [-0.4, -0.2) is 29.8 Å². The zero-order valence-electron chi connectivity index (χ0n) is 12.4. The van der Waals surface area contributed by atoms with Gasteiger partial charge in [0.15, 0.2) is 0 Å². The van der Waals surface area contributed by atoms with Crippen molar-refractivity contribution in [1.82, 2.24) is 5.32 Å². The van der Waals surface area contributed by atoms with Crippen LogP contribution in [0.3, 0.4) is 0 Å². The summed E-state index contributed by atoms with van der Waals surface area (Å²) in [6.07, 6.45) is 2.03. The van der Waals surface area contributed by atoms with Gasteiger partial charge >= 0.3 is 12.0 Å². The number of anilines is 1. The number of carboxylic acids is 1. The summed E-state index contributed by atoms with van der Waals surface area (Å²) < 4.78 is 5.40. The highest BCUT2D eigenvalue weighted by atomic mass is 16.5. The number of para-hydroxylation sites is 2. The van der Waals surface area contributed by atoms with Gasteiger partial charge in [-0.3, -0.25) is 0 Å². The van der Waals surface area contributed by atoms with E-state index in [0.717, 1.165) is 12.8 Å². The second kappa shape index (κ2) is 8.84. The van der Waals surface area contributed by atoms with Crippen molar-refractivity contribution in [2.75, 3.05) is 11.9 Å². The quantitative estimate of drug-likeness (QED) is 0.688. The second-order valence-electron chi connectivity index (χ2n) is 4.56. The van der Waals surface area contributed by atoms with Crippen LogP contribution >= 0.6 is 0 Å². The fourth-order valence-corrected chi connectivity index (χ4v) is 1.83. The Morgan fingerprint density at radius 2 is 2.00 bits per heavy atom. The van der Waals surface area contributed by atoms with Gasteiger partial charge in [-0.05, 0) is 25.5 Å². The van der Waals surface area contributed by atoms with Crippen LogP contribution < -0.4 is 15.4 Å². The molecule has 1 aromatic rings. The number of hydrogen-bond donors (Lipinski definition) is 3. The maximum Gasteiger partial charge on any atom is 0.326 e. The number of urea groups is 1. The van der Waals surface area contributed by atoms with E-state index in [0.29, 0.717) is 24.5 Å². The molecule has 1 aromatic carbocycles. The molecule has 2 amide bonds. The van der Waals surface area contributed by atoms with Crippen LogP contribution in [0.4, 0.5) is 10.5 Å². The summed E-state index contributed by atoms with van der Waals surface area (Å²) in [5.41, 5.74) is 0.511. The second-order valence-corrected chi connectivity index (χ2v) is 4.56. The molecule has 0 bridgehead atoms. The van der Waals surface area contributed by atoms with Crippen molar-refractivity contribution in [1.29, 1.82) is 0 Å². The molecule has 1 atom stereocenters. The van der Waals surface area contributed by atoms with Crippen molar-refractivity contribution in [3.05, 3.63) is 24.3 Å². The lowest BCUT2D eigenvalue weighted by molar-refractivity contribution is -0.139. The van der Waals surface area contributed by atoms with Gasteiger partial charge < -0.3 is 20.5 Å². The highest BCUT2D eigenvalue weighted by Crippen LogP contribution is 2.23. The van der Waals surface area contributed by atoms with Crippen molar-refractivity contribution in [2.45, 2.75) is 39.2 Å². The fourth-order valence-electron chi connectivity index (χ4n) is 1.83. The van der Waals surface area contributed by atoms with Gasteiger partial charge in [-0.15, -0.1) is 0 Å². The molecule has 3 N–H and O–H groups in total. The van der Waals surface area contributed by atoms with Crippen LogP contribution in [0.1, 0.15) is 33.1 Å². The summed E-state index contributed by atoms with van der Waals surface area (Å²) >= 11 is 0. The first-order valence-electron chi connectivity index (χ1n) is 7.10. The zero-order chi connectivity index (χ0) is 15.7. The summed E-state index contributed by atoms with van der Waals surface area (Å²) in [6.45, 7) is 4.30. The first-order chi connectivity index (χ1) is 10.1. The number of amides is 2. The molecule has 0 aromatic heterocycles. The van der Waals surface area contributed by atoms with E-state index < -0.39 is 18.0 Å². The zero-order valence-corrected chi connectivity index (χ0v) is 12.4. The van der Waals surface area contributed by atoms with Gasteiger partial charge in [-0.1, -0.05) is 31.9 Å². The van der Waals surface area contributed by atoms with Crippen LogP contribution in [0.25, 0.3) is 0 Å². The summed E-state index contributed by atoms with van der Waals surface area (Å²) in [7, 11) is 0. The van der Waals surface area contributed by atoms with Crippen LogP contribution in [-0.2, 0) is 4.79 Å². The third-order valence-electron chi connectivity index (χ3n) is 2.88. The third-order valence-corrected chi connectivity index (χ3v) is 2.88. The van der Waals surface area contributed by atoms with E-state index in [1.165, 1.54) is 0 Å². The molecule has 21 heavy (non-hydrogen) atoms. The molecule has 0 aliphatic heterocycles. The predicted octanol–water partition coefficient (Wildman–Crippen LogP) is 2.85. The van der Waals surface area contributed by atoms with Crippen LogP contribution in [0, 0.1) is 0 Å². The highest BCUT2D eigenvalue weighted by molar-refractivity contribution is 5.93. The lowest BCUT2D eigenvalue weighted by Crippen LogP contribution is -2.43. The largest absolute Gasteiger partial charge is 0.492 e. The third kappa shape index (κ3) is 5.72. The number of hydrogen-bond acceptors (Lipinski definition) is 3. The molecule has 0 radical (unpaired) electrons. The highest BCUT2D eigenvalue weighted by Gasteiger charge is 2.19. The Hall–Kier alpha value is -2.24. The molecule has 0 saturated heterocycles. The molecule has 0 aliphatic carbocycles. The smallest absolute Gasteiger partial charge is 0.326 e. The Morgan fingerprint density at radius 1 is 1.29 bits per heavy atom. The fraction of sp³-hybridized carbons (Fsp3) is 0.467. The van der Waals surface area contributed by atoms with Crippen molar-refractivity contribution in [3.8, 4) is 5.75 Å². The molecular weight excluding hydrogens is 272 g/mol. The van der Waals surface area contributed by atoms with Gasteiger partial charge in [0.05, 0.1) is 12.3 Å². The summed E-state index contributed by atoms with van der Waals surface area (Å²) in [5, 5.41) is 14.2. The molecule has 0 heterocycles. The van der Waals surface area contributed by atoms with E-state index in [2.05, 4.69) is 10.6 Å². The van der Waals surface area contributed by atoms with Crippen LogP contribution in [0.2, 0.25) is 0 Å². The number of carbonyl (C=O) groups excluding carboxylic acids is 1. The van der Waals surface area contributed by atoms with Crippen LogP contribution in [0.5, 0.6) is 5.75 Å². The maximum atomic E-state index is 11.9. The molecule has 6 nitrogen and oxygen atoms in total. The number of carboxylic acid groups (broad SMARTS) is 1. The van der Waals surface area contributed by atoms with E-state index in [4.69, 9.17) is 9.84 Å². The minimum Gasteiger partial charge on any atom is -0.492 e. The Balaban J connectivity index is 2.65. The van der Waals surface area contributed by atoms with Crippen molar-refractivity contribution < 1.29 is 19.4 Å². The average molecular weight is 294 g/mol. The van der Waals surface area contributed by atoms with Gasteiger partial charge in [0.1, 0.15) is 11.8 Å². The number of nitrogens with one attached hydrogen (secondary N) is 2. The summed E-state index contributed by atoms with van der Waals surface area (Å²) in [5.74, 6) is -0.479. The van der Waals surface area contributed by atoms with E-state index in [1.807, 2.05) is 13.8 Å². The van der Waals surface area contributed by atoms with Crippen molar-refractivity contribution in [2.24, 2.45) is 0 Å². The number of rotatable bonds is 8. The Kier molecular flexibility index (Phi) is 7.08. The summed E-state index contributed by atoms with van der Waals surface area (Å²) in [6, 6.07) is 5.58. The minimum atomic E-state index is -1.03. The molecule has 0 spiro atoms. The number of unbranched alkanes of at least 4 members (excludes halogenated alkanes) is 1. The van der Waals surface area contributed by atoms with Gasteiger partial charge in [0, 0.05) is 0 Å². The van der Waals surface area contributed by atoms with Gasteiger partial charge in [0.2, 0.25) is 0 Å². The van der Waals surface area contributed by atoms with Gasteiger partial charge in [0.25, 0.3) is 0 Å². The number of aliphatic carboxylic acids is 1. The Bertz CT molecular complexity index is 476. The van der Waals surface area contributed by atoms with E-state index >= 15 is 0 Å². The Labute approximate surface area is 124 Å². The van der Waals surface area contributed by atoms with Gasteiger partial charge in [-0.25, -0.2) is 9.59 Å². The maximum absolute atomic E-state index is 11.9. The SMILES string of the molecule is CCCC[C@H](NC(=O)Nc1ccccc1OCC)C(=O)O. The molecule has 0 fully saturated rings.